The van der Waals surface area contributed by atoms with Crippen molar-refractivity contribution in [2.45, 2.75) is 39.7 Å². The smallest absolute Gasteiger partial charge is 0.342 e. The van der Waals surface area contributed by atoms with E-state index < -0.39 is 5.60 Å². The van der Waals surface area contributed by atoms with Crippen molar-refractivity contribution in [2.24, 2.45) is 0 Å². The summed E-state index contributed by atoms with van der Waals surface area (Å²) in [5, 5.41) is 0. The van der Waals surface area contributed by atoms with Gasteiger partial charge in [-0.2, -0.15) is 0 Å². The maximum Gasteiger partial charge on any atom is 0.342 e. The first kappa shape index (κ1) is 10.8. The van der Waals surface area contributed by atoms with Crippen LogP contribution in [0.1, 0.15) is 43.8 Å². The summed E-state index contributed by atoms with van der Waals surface area (Å²) in [6.45, 7) is 7.47. The highest BCUT2D eigenvalue weighted by molar-refractivity contribution is 5.90. The van der Waals surface area contributed by atoms with E-state index in [1.807, 2.05) is 27.7 Å². The first-order valence-corrected chi connectivity index (χ1v) is 4.73. The molecule has 14 heavy (non-hydrogen) atoms. The Morgan fingerprint density at radius 3 is 2.64 bits per heavy atom. The largest absolute Gasteiger partial charge is 0.468 e. The second kappa shape index (κ2) is 3.86. The van der Waals surface area contributed by atoms with E-state index >= 15 is 0 Å². The van der Waals surface area contributed by atoms with Gasteiger partial charge in [-0.1, -0.05) is 6.92 Å². The highest BCUT2D eigenvalue weighted by atomic mass is 16.6. The molecule has 0 saturated carbocycles. The molecule has 0 aliphatic heterocycles. The fraction of sp³-hybridized carbons (Fsp3) is 0.545. The summed E-state index contributed by atoms with van der Waals surface area (Å²) in [4.78, 5) is 11.6. The van der Waals surface area contributed by atoms with Crippen LogP contribution in [-0.4, -0.2) is 11.6 Å². The molecule has 0 unspecified atom stereocenters. The fourth-order valence-corrected chi connectivity index (χ4v) is 1.13. The van der Waals surface area contributed by atoms with Crippen LogP contribution in [0, 0.1) is 0 Å². The van der Waals surface area contributed by atoms with Crippen LogP contribution in [0.15, 0.2) is 16.7 Å². The minimum Gasteiger partial charge on any atom is -0.468 e. The molecule has 0 N–H and O–H groups in total. The van der Waals surface area contributed by atoms with Gasteiger partial charge in [-0.15, -0.1) is 0 Å². The van der Waals surface area contributed by atoms with Crippen LogP contribution in [0.4, 0.5) is 0 Å². The number of hydrogen-bond acceptors (Lipinski definition) is 3. The molecule has 0 aliphatic carbocycles. The number of furan rings is 1. The lowest BCUT2D eigenvalue weighted by molar-refractivity contribution is 0.00673. The number of ether oxygens (including phenoxy) is 1. The molecule has 0 atom stereocenters. The van der Waals surface area contributed by atoms with E-state index in [2.05, 4.69) is 0 Å². The summed E-state index contributed by atoms with van der Waals surface area (Å²) in [6.07, 6.45) is 2.21. The van der Waals surface area contributed by atoms with Gasteiger partial charge in [0, 0.05) is 6.42 Å². The average Bonchev–Trinajstić information content (AvgIpc) is 2.47. The van der Waals surface area contributed by atoms with Gasteiger partial charge < -0.3 is 9.15 Å². The minimum absolute atomic E-state index is 0.317. The van der Waals surface area contributed by atoms with Gasteiger partial charge in [0.25, 0.3) is 0 Å². The third-order valence-corrected chi connectivity index (χ3v) is 1.69. The highest BCUT2D eigenvalue weighted by Gasteiger charge is 2.21. The van der Waals surface area contributed by atoms with Crippen molar-refractivity contribution in [1.29, 1.82) is 0 Å². The zero-order chi connectivity index (χ0) is 10.8. The van der Waals surface area contributed by atoms with Gasteiger partial charge in [0.1, 0.15) is 16.9 Å². The van der Waals surface area contributed by atoms with Crippen LogP contribution in [0.25, 0.3) is 0 Å². The summed E-state index contributed by atoms with van der Waals surface area (Å²) in [5.74, 6) is 0.363. The molecule has 0 spiro atoms. The molecule has 1 heterocycles. The van der Waals surface area contributed by atoms with Crippen LogP contribution >= 0.6 is 0 Å². The second-order valence-electron chi connectivity index (χ2n) is 4.11. The third-order valence-electron chi connectivity index (χ3n) is 1.69. The summed E-state index contributed by atoms with van der Waals surface area (Å²) >= 11 is 0. The van der Waals surface area contributed by atoms with Crippen molar-refractivity contribution in [2.75, 3.05) is 0 Å². The Kier molecular flexibility index (Phi) is 2.99. The average molecular weight is 196 g/mol. The van der Waals surface area contributed by atoms with Crippen LogP contribution in [0.3, 0.4) is 0 Å². The van der Waals surface area contributed by atoms with Gasteiger partial charge in [-0.25, -0.2) is 4.79 Å². The van der Waals surface area contributed by atoms with Gasteiger partial charge in [-0.05, 0) is 26.8 Å². The SMILES string of the molecule is CCc1occc1C(=O)OC(C)(C)C. The van der Waals surface area contributed by atoms with Crippen LogP contribution in [0.2, 0.25) is 0 Å². The number of carbonyl (C=O) groups is 1. The predicted molar refractivity (Wildman–Crippen MR) is 53.3 cm³/mol. The fourth-order valence-electron chi connectivity index (χ4n) is 1.13. The number of carbonyl (C=O) groups excluding carboxylic acids is 1. The van der Waals surface area contributed by atoms with E-state index in [9.17, 15) is 4.79 Å². The first-order valence-electron chi connectivity index (χ1n) is 4.73. The predicted octanol–water partition coefficient (Wildman–Crippen LogP) is 2.80. The molecule has 1 aromatic heterocycles. The maximum atomic E-state index is 11.6. The van der Waals surface area contributed by atoms with Gasteiger partial charge >= 0.3 is 5.97 Å². The standard InChI is InChI=1S/C11H16O3/c1-5-9-8(6-7-13-9)10(12)14-11(2,3)4/h6-7H,5H2,1-4H3. The van der Waals surface area contributed by atoms with Crippen LogP contribution in [0.5, 0.6) is 0 Å². The lowest BCUT2D eigenvalue weighted by Crippen LogP contribution is -2.24. The quantitative estimate of drug-likeness (QED) is 0.683. The minimum atomic E-state index is -0.459. The molecular formula is C11H16O3. The Hall–Kier alpha value is -1.25. The lowest BCUT2D eigenvalue weighted by atomic mass is 10.1. The third kappa shape index (κ3) is 2.62. The van der Waals surface area contributed by atoms with Crippen molar-refractivity contribution in [3.63, 3.8) is 0 Å². The molecule has 0 amide bonds. The molecule has 0 fully saturated rings. The van der Waals surface area contributed by atoms with Gasteiger partial charge in [0.2, 0.25) is 0 Å². The highest BCUT2D eigenvalue weighted by Crippen LogP contribution is 2.16. The number of hydrogen-bond donors (Lipinski definition) is 0. The van der Waals surface area contributed by atoms with Gasteiger partial charge in [-0.3, -0.25) is 0 Å². The molecule has 1 aromatic rings. The topological polar surface area (TPSA) is 39.4 Å². The lowest BCUT2D eigenvalue weighted by Gasteiger charge is -2.19. The van der Waals surface area contributed by atoms with E-state index in [1.165, 1.54) is 6.26 Å². The van der Waals surface area contributed by atoms with Crippen LogP contribution < -0.4 is 0 Å². The van der Waals surface area contributed by atoms with E-state index in [1.54, 1.807) is 6.07 Å². The van der Waals surface area contributed by atoms with Gasteiger partial charge in [0.05, 0.1) is 6.26 Å². The molecule has 3 heteroatoms. The molecular weight excluding hydrogens is 180 g/mol. The molecule has 0 saturated heterocycles. The van der Waals surface area contributed by atoms with E-state index in [-0.39, 0.29) is 5.97 Å². The molecule has 0 bridgehead atoms. The van der Waals surface area contributed by atoms with E-state index in [0.717, 1.165) is 0 Å². The van der Waals surface area contributed by atoms with E-state index in [4.69, 9.17) is 9.15 Å². The number of aryl methyl sites for hydroxylation is 1. The number of rotatable bonds is 2. The molecule has 0 aliphatic rings. The van der Waals surface area contributed by atoms with Crippen LogP contribution in [-0.2, 0) is 11.2 Å². The first-order chi connectivity index (χ1) is 6.44. The Bertz CT molecular complexity index is 318. The molecule has 78 valence electrons. The Morgan fingerprint density at radius 2 is 2.14 bits per heavy atom. The van der Waals surface area contributed by atoms with Crippen molar-refractivity contribution in [3.05, 3.63) is 23.7 Å². The van der Waals surface area contributed by atoms with E-state index in [0.29, 0.717) is 17.7 Å². The molecule has 0 radical (unpaired) electrons. The Balaban J connectivity index is 2.80. The Labute approximate surface area is 84.1 Å². The molecule has 0 aromatic carbocycles. The van der Waals surface area contributed by atoms with Crippen molar-refractivity contribution in [1.82, 2.24) is 0 Å². The zero-order valence-electron chi connectivity index (χ0n) is 9.09. The van der Waals surface area contributed by atoms with Crippen molar-refractivity contribution in [3.8, 4) is 0 Å². The van der Waals surface area contributed by atoms with Crippen molar-refractivity contribution >= 4 is 5.97 Å². The number of esters is 1. The summed E-state index contributed by atoms with van der Waals surface area (Å²) < 4.78 is 10.4. The molecule has 1 rings (SSSR count). The second-order valence-corrected chi connectivity index (χ2v) is 4.11. The Morgan fingerprint density at radius 1 is 1.50 bits per heavy atom. The maximum absolute atomic E-state index is 11.6. The molecule has 3 nitrogen and oxygen atoms in total. The zero-order valence-corrected chi connectivity index (χ0v) is 9.09. The summed E-state index contributed by atoms with van der Waals surface area (Å²) in [7, 11) is 0. The normalized spacial score (nSPS) is 11.4. The monoisotopic (exact) mass is 196 g/mol. The van der Waals surface area contributed by atoms with Crippen molar-refractivity contribution < 1.29 is 13.9 Å². The summed E-state index contributed by atoms with van der Waals surface area (Å²) in [6, 6.07) is 1.65. The van der Waals surface area contributed by atoms with Gasteiger partial charge in [0.15, 0.2) is 0 Å². The summed E-state index contributed by atoms with van der Waals surface area (Å²) in [5.41, 5.74) is 0.0711.